The molecule has 8 aromatic carbocycles. The number of benzene rings is 8. The highest BCUT2D eigenvalue weighted by Gasteiger charge is 2.38. The topological polar surface area (TPSA) is 43.6 Å². The molecule has 0 unspecified atom stereocenters. The van der Waals surface area contributed by atoms with E-state index in [9.17, 15) is 0 Å². The van der Waals surface area contributed by atoms with Crippen molar-refractivity contribution in [3.63, 3.8) is 0 Å². The van der Waals surface area contributed by atoms with Gasteiger partial charge >= 0.3 is 0 Å². The minimum Gasteiger partial charge on any atom is -0.309 e. The van der Waals surface area contributed by atoms with Crippen LogP contribution in [0.15, 0.2) is 170 Å². The van der Waals surface area contributed by atoms with Gasteiger partial charge in [0.15, 0.2) is 17.5 Å². The van der Waals surface area contributed by atoms with Crippen LogP contribution in [0.5, 0.6) is 0 Å². The second kappa shape index (κ2) is 13.8. The molecule has 3 heterocycles. The third kappa shape index (κ3) is 5.90. The maximum Gasteiger partial charge on any atom is 0.164 e. The molecule has 0 amide bonds. The van der Waals surface area contributed by atoms with Crippen LogP contribution in [0, 0.1) is 0 Å². The molecule has 1 aliphatic rings. The van der Waals surface area contributed by atoms with Gasteiger partial charge in [0.25, 0.3) is 0 Å². The first kappa shape index (κ1) is 36.9. The molecule has 0 atom stereocenters. The number of fused-ring (bicyclic) bond motifs is 8. The molecule has 0 aliphatic heterocycles. The van der Waals surface area contributed by atoms with E-state index in [0.29, 0.717) is 17.5 Å². The lowest BCUT2D eigenvalue weighted by atomic mass is 9.63. The van der Waals surface area contributed by atoms with E-state index >= 15 is 0 Å². The zero-order valence-corrected chi connectivity index (χ0v) is 36.1. The summed E-state index contributed by atoms with van der Waals surface area (Å²) in [7, 11) is 0. The van der Waals surface area contributed by atoms with Gasteiger partial charge in [-0.1, -0.05) is 149 Å². The van der Waals surface area contributed by atoms with E-state index in [0.717, 1.165) is 28.8 Å². The summed E-state index contributed by atoms with van der Waals surface area (Å²) in [6.45, 7) is 9.66. The van der Waals surface area contributed by atoms with Gasteiger partial charge in [-0.3, -0.25) is 0 Å². The summed E-state index contributed by atoms with van der Waals surface area (Å²) in [6.07, 6.45) is 2.34. The fraction of sp³-hybridized carbons (Fsp3) is 0.140. The van der Waals surface area contributed by atoms with Crippen molar-refractivity contribution in [2.45, 2.75) is 51.4 Å². The van der Waals surface area contributed by atoms with Crippen LogP contribution in [0.3, 0.4) is 0 Å². The van der Waals surface area contributed by atoms with Crippen molar-refractivity contribution >= 4 is 64.1 Å². The molecule has 0 saturated heterocycles. The van der Waals surface area contributed by atoms with Gasteiger partial charge in [0, 0.05) is 53.3 Å². The van der Waals surface area contributed by atoms with Crippen LogP contribution in [0.25, 0.3) is 104 Å². The standard InChI is InChI=1S/C57H44N4S/c1-56(2)28-29-57(3,4)47-34-49-45(33-46(47)56)44-31-38-16-8-9-17-39(38)32-48(44)61(49)41-19-12-18-40(30-41)55-59-53(36-14-6-5-7-15-36)58-54(60-55)37-26-24-35(25-27-37)42-21-13-23-51-52(42)43-20-10-11-22-50(43)62-51/h5-27,30-34H,28-29H2,1-4H3. The van der Waals surface area contributed by atoms with Gasteiger partial charge in [0.05, 0.1) is 11.0 Å². The Bertz CT molecular complexity index is 3570. The number of thiophene rings is 1. The Hall–Kier alpha value is -6.95. The van der Waals surface area contributed by atoms with Crippen molar-refractivity contribution < 1.29 is 0 Å². The molecule has 0 fully saturated rings. The molecular weight excluding hydrogens is 773 g/mol. The highest BCUT2D eigenvalue weighted by atomic mass is 32.1. The first-order chi connectivity index (χ1) is 30.2. The average molecular weight is 817 g/mol. The molecular formula is C57H44N4S. The summed E-state index contributed by atoms with van der Waals surface area (Å²) < 4.78 is 5.07. The summed E-state index contributed by atoms with van der Waals surface area (Å²) in [6, 6.07) is 61.5. The van der Waals surface area contributed by atoms with Crippen LogP contribution >= 0.6 is 11.3 Å². The van der Waals surface area contributed by atoms with Gasteiger partial charge in [-0.15, -0.1) is 11.3 Å². The maximum absolute atomic E-state index is 5.24. The summed E-state index contributed by atoms with van der Waals surface area (Å²) in [5, 5.41) is 7.64. The lowest BCUT2D eigenvalue weighted by molar-refractivity contribution is 0.332. The number of rotatable bonds is 5. The Labute approximate surface area is 365 Å². The summed E-state index contributed by atoms with van der Waals surface area (Å²) in [5.41, 5.74) is 11.8. The van der Waals surface area contributed by atoms with Crippen LogP contribution in [-0.2, 0) is 10.8 Å². The molecule has 5 heteroatoms. The molecule has 0 spiro atoms. The molecule has 0 saturated carbocycles. The number of aromatic nitrogens is 4. The molecule has 12 rings (SSSR count). The van der Waals surface area contributed by atoms with Gasteiger partial charge < -0.3 is 4.57 Å². The molecule has 0 bridgehead atoms. The van der Waals surface area contributed by atoms with Crippen LogP contribution in [-0.4, -0.2) is 19.5 Å². The summed E-state index contributed by atoms with van der Waals surface area (Å²) >= 11 is 1.85. The first-order valence-corrected chi connectivity index (χ1v) is 22.5. The monoisotopic (exact) mass is 816 g/mol. The van der Waals surface area contributed by atoms with E-state index in [1.165, 1.54) is 81.4 Å². The molecule has 4 nitrogen and oxygen atoms in total. The van der Waals surface area contributed by atoms with Crippen molar-refractivity contribution in [1.82, 2.24) is 19.5 Å². The third-order valence-corrected chi connectivity index (χ3v) is 14.6. The second-order valence-electron chi connectivity index (χ2n) is 18.3. The van der Waals surface area contributed by atoms with Crippen molar-refractivity contribution in [1.29, 1.82) is 0 Å². The van der Waals surface area contributed by atoms with E-state index in [4.69, 9.17) is 15.0 Å². The smallest absolute Gasteiger partial charge is 0.164 e. The summed E-state index contributed by atoms with van der Waals surface area (Å²) in [4.78, 5) is 15.5. The Kier molecular flexibility index (Phi) is 8.20. The highest BCUT2D eigenvalue weighted by molar-refractivity contribution is 7.25. The number of hydrogen-bond donors (Lipinski definition) is 0. The van der Waals surface area contributed by atoms with Crippen molar-refractivity contribution in [2.75, 3.05) is 0 Å². The van der Waals surface area contributed by atoms with E-state index in [2.05, 4.69) is 184 Å². The fourth-order valence-electron chi connectivity index (χ4n) is 9.99. The maximum atomic E-state index is 5.24. The van der Waals surface area contributed by atoms with Gasteiger partial charge in [0.2, 0.25) is 0 Å². The molecule has 11 aromatic rings. The van der Waals surface area contributed by atoms with Crippen LogP contribution < -0.4 is 0 Å². The minimum atomic E-state index is 0.0752. The largest absolute Gasteiger partial charge is 0.309 e. The van der Waals surface area contributed by atoms with Crippen molar-refractivity contribution in [3.05, 3.63) is 181 Å². The van der Waals surface area contributed by atoms with Crippen LogP contribution in [0.4, 0.5) is 0 Å². The number of nitrogens with zero attached hydrogens (tertiary/aromatic N) is 4. The fourth-order valence-corrected chi connectivity index (χ4v) is 11.1. The SMILES string of the molecule is CC1(C)CCC(C)(C)c2cc3c(cc21)c1cc2ccccc2cc1n3-c1cccc(-c2nc(-c3ccccc3)nc(-c3ccc(-c4cccc5sc6ccccc6c45)cc3)n2)c1. The van der Waals surface area contributed by atoms with Crippen molar-refractivity contribution in [2.24, 2.45) is 0 Å². The highest BCUT2D eigenvalue weighted by Crippen LogP contribution is 2.49. The lowest BCUT2D eigenvalue weighted by Crippen LogP contribution is -2.33. The first-order valence-electron chi connectivity index (χ1n) is 21.6. The predicted molar refractivity (Wildman–Crippen MR) is 262 cm³/mol. The number of hydrogen-bond acceptors (Lipinski definition) is 4. The van der Waals surface area contributed by atoms with E-state index in [1.54, 1.807) is 0 Å². The molecule has 0 radical (unpaired) electrons. The van der Waals surface area contributed by atoms with Crippen molar-refractivity contribution in [3.8, 4) is 51.0 Å². The third-order valence-electron chi connectivity index (χ3n) is 13.5. The zero-order valence-electron chi connectivity index (χ0n) is 35.3. The predicted octanol–water partition coefficient (Wildman–Crippen LogP) is 15.5. The zero-order chi connectivity index (χ0) is 41.7. The molecule has 62 heavy (non-hydrogen) atoms. The second-order valence-corrected chi connectivity index (χ2v) is 19.4. The van der Waals surface area contributed by atoms with Gasteiger partial charge in [-0.05, 0) is 105 Å². The molecule has 298 valence electrons. The van der Waals surface area contributed by atoms with E-state index in [1.807, 2.05) is 29.5 Å². The Balaban J connectivity index is 1.02. The Morgan fingerprint density at radius 1 is 0.435 bits per heavy atom. The lowest BCUT2D eigenvalue weighted by Gasteiger charge is -2.42. The quantitative estimate of drug-likeness (QED) is 0.174. The van der Waals surface area contributed by atoms with Gasteiger partial charge in [-0.2, -0.15) is 0 Å². The van der Waals surface area contributed by atoms with Crippen LogP contribution in [0.1, 0.15) is 51.7 Å². The normalized spacial score (nSPS) is 14.6. The van der Waals surface area contributed by atoms with Crippen LogP contribution in [0.2, 0.25) is 0 Å². The molecule has 0 N–H and O–H groups in total. The summed E-state index contributed by atoms with van der Waals surface area (Å²) in [5.74, 6) is 1.93. The minimum absolute atomic E-state index is 0.0752. The van der Waals surface area contributed by atoms with Gasteiger partial charge in [0.1, 0.15) is 0 Å². The average Bonchev–Trinajstić information content (AvgIpc) is 3.85. The molecule has 3 aromatic heterocycles. The Morgan fingerprint density at radius 3 is 1.74 bits per heavy atom. The van der Waals surface area contributed by atoms with E-state index < -0.39 is 0 Å². The van der Waals surface area contributed by atoms with Gasteiger partial charge in [-0.25, -0.2) is 15.0 Å². The Morgan fingerprint density at radius 2 is 0.984 bits per heavy atom. The van der Waals surface area contributed by atoms with E-state index in [-0.39, 0.29) is 10.8 Å². The molecule has 1 aliphatic carbocycles.